The molecule has 1 unspecified atom stereocenters. The van der Waals surface area contributed by atoms with Gasteiger partial charge in [-0.2, -0.15) is 0 Å². The number of halogens is 2. The highest BCUT2D eigenvalue weighted by Gasteiger charge is 2.19. The fourth-order valence-corrected chi connectivity index (χ4v) is 4.11. The molecule has 0 spiro atoms. The zero-order valence-corrected chi connectivity index (χ0v) is 20.7. The van der Waals surface area contributed by atoms with Crippen LogP contribution in [0.3, 0.4) is 0 Å². The molecule has 0 saturated heterocycles. The molecule has 1 aliphatic heterocycles. The van der Waals surface area contributed by atoms with Crippen molar-refractivity contribution in [1.82, 2.24) is 5.32 Å². The lowest BCUT2D eigenvalue weighted by molar-refractivity contribution is 0.105. The van der Waals surface area contributed by atoms with Gasteiger partial charge in [-0.25, -0.2) is 0 Å². The van der Waals surface area contributed by atoms with Crippen LogP contribution in [0.4, 0.5) is 0 Å². The van der Waals surface area contributed by atoms with Crippen LogP contribution in [-0.4, -0.2) is 32.2 Å². The van der Waals surface area contributed by atoms with Crippen molar-refractivity contribution in [3.63, 3.8) is 0 Å². The summed E-state index contributed by atoms with van der Waals surface area (Å²) in [7, 11) is 1.61. The van der Waals surface area contributed by atoms with Crippen molar-refractivity contribution >= 4 is 28.3 Å². The average Bonchev–Trinajstić information content (AvgIpc) is 3.29. The predicted octanol–water partition coefficient (Wildman–Crippen LogP) is 5.05. The Bertz CT molecular complexity index is 1050. The monoisotopic (exact) mass is 535 g/mol. The van der Waals surface area contributed by atoms with E-state index in [1.165, 1.54) is 5.56 Å². The van der Waals surface area contributed by atoms with Crippen LogP contribution in [0.5, 0.6) is 23.0 Å². The topological polar surface area (TPSA) is 69.2 Å². The lowest BCUT2D eigenvalue weighted by Crippen LogP contribution is -2.17. The molecule has 1 heterocycles. The van der Waals surface area contributed by atoms with E-state index < -0.39 is 6.10 Å². The van der Waals surface area contributed by atoms with Crippen LogP contribution in [0.25, 0.3) is 0 Å². The normalized spacial score (nSPS) is 12.7. The van der Waals surface area contributed by atoms with Crippen LogP contribution in [-0.2, 0) is 13.0 Å². The second-order valence-electron chi connectivity index (χ2n) is 7.46. The van der Waals surface area contributed by atoms with Crippen LogP contribution in [0.2, 0.25) is 0 Å². The van der Waals surface area contributed by atoms with Crippen LogP contribution in [0, 0.1) is 0 Å². The molecule has 0 amide bonds. The Labute approximate surface area is 208 Å². The van der Waals surface area contributed by atoms with Crippen molar-refractivity contribution in [2.75, 3.05) is 27.1 Å². The van der Waals surface area contributed by atoms with Gasteiger partial charge in [-0.1, -0.05) is 36.4 Å². The van der Waals surface area contributed by atoms with E-state index in [1.807, 2.05) is 18.2 Å². The third-order valence-corrected chi connectivity index (χ3v) is 5.81. The first kappa shape index (κ1) is 25.2. The van der Waals surface area contributed by atoms with Crippen molar-refractivity contribution in [2.24, 2.45) is 0 Å². The molecule has 3 aromatic carbocycles. The minimum atomic E-state index is -0.819. The Kier molecular flexibility index (Phi) is 9.26. The molecule has 33 heavy (non-hydrogen) atoms. The summed E-state index contributed by atoms with van der Waals surface area (Å²) in [6.45, 7) is 1.86. The fraction of sp³-hybridized carbons (Fsp3) is 0.280. The molecule has 3 aromatic rings. The molecular weight excluding hydrogens is 510 g/mol. The van der Waals surface area contributed by atoms with E-state index in [1.54, 1.807) is 25.3 Å². The number of benzene rings is 3. The van der Waals surface area contributed by atoms with Gasteiger partial charge >= 0.3 is 0 Å². The first-order chi connectivity index (χ1) is 15.6. The maximum Gasteiger partial charge on any atom is 0.231 e. The number of aliphatic hydroxyl groups is 1. The first-order valence-electron chi connectivity index (χ1n) is 10.5. The Morgan fingerprint density at radius 3 is 2.61 bits per heavy atom. The second kappa shape index (κ2) is 12.1. The Balaban J connectivity index is 0.00000306. The summed E-state index contributed by atoms with van der Waals surface area (Å²) in [5.74, 6) is 2.47. The number of methoxy groups -OCH3 is 1. The molecule has 1 aliphatic rings. The van der Waals surface area contributed by atoms with Gasteiger partial charge in [0.2, 0.25) is 6.79 Å². The second-order valence-corrected chi connectivity index (χ2v) is 8.32. The van der Waals surface area contributed by atoms with Gasteiger partial charge in [0.1, 0.15) is 12.7 Å². The maximum absolute atomic E-state index is 10.6. The smallest absolute Gasteiger partial charge is 0.231 e. The number of nitrogens with one attached hydrogen (secondary N) is 1. The molecule has 8 heteroatoms. The number of hydrogen-bond donors (Lipinski definition) is 2. The van der Waals surface area contributed by atoms with Gasteiger partial charge in [0, 0.05) is 6.54 Å². The van der Waals surface area contributed by atoms with Crippen LogP contribution < -0.4 is 24.3 Å². The van der Waals surface area contributed by atoms with Crippen molar-refractivity contribution in [3.05, 3.63) is 81.8 Å². The summed E-state index contributed by atoms with van der Waals surface area (Å²) in [6, 6.07) is 19.7. The summed E-state index contributed by atoms with van der Waals surface area (Å²) < 4.78 is 22.9. The first-order valence-corrected chi connectivity index (χ1v) is 11.2. The minimum Gasteiger partial charge on any atom is -0.493 e. The van der Waals surface area contributed by atoms with E-state index in [4.69, 9.17) is 18.9 Å². The average molecular weight is 537 g/mol. The van der Waals surface area contributed by atoms with Crippen molar-refractivity contribution in [3.8, 4) is 23.0 Å². The SMILES string of the molecule is COc1cc(CNCCc2ccccc2)cc(Br)c1OCC(O)c1ccc2c(c1)OCO2.Cl. The van der Waals surface area contributed by atoms with Gasteiger partial charge in [0.05, 0.1) is 11.6 Å². The van der Waals surface area contributed by atoms with Gasteiger partial charge < -0.3 is 29.4 Å². The molecule has 4 rings (SSSR count). The molecule has 2 N–H and O–H groups in total. The fourth-order valence-electron chi connectivity index (χ4n) is 3.50. The summed E-state index contributed by atoms with van der Waals surface area (Å²) in [6.07, 6.45) is 0.151. The third kappa shape index (κ3) is 6.54. The third-order valence-electron chi connectivity index (χ3n) is 5.22. The molecule has 0 saturated carbocycles. The van der Waals surface area contributed by atoms with E-state index in [0.29, 0.717) is 35.1 Å². The summed E-state index contributed by atoms with van der Waals surface area (Å²) in [5, 5.41) is 14.0. The molecule has 0 fully saturated rings. The predicted molar refractivity (Wildman–Crippen MR) is 133 cm³/mol. The lowest BCUT2D eigenvalue weighted by Gasteiger charge is -2.17. The summed E-state index contributed by atoms with van der Waals surface area (Å²) in [5.41, 5.74) is 3.08. The summed E-state index contributed by atoms with van der Waals surface area (Å²) >= 11 is 3.58. The van der Waals surface area contributed by atoms with E-state index in [2.05, 4.69) is 45.5 Å². The highest BCUT2D eigenvalue weighted by atomic mass is 79.9. The molecule has 0 bridgehead atoms. The molecule has 0 radical (unpaired) electrons. The van der Waals surface area contributed by atoms with Gasteiger partial charge in [-0.15, -0.1) is 12.4 Å². The Morgan fingerprint density at radius 2 is 1.82 bits per heavy atom. The minimum absolute atomic E-state index is 0. The zero-order valence-electron chi connectivity index (χ0n) is 18.3. The molecule has 0 aromatic heterocycles. The summed E-state index contributed by atoms with van der Waals surface area (Å²) in [4.78, 5) is 0. The number of ether oxygens (including phenoxy) is 4. The Hall–Kier alpha value is -2.45. The Morgan fingerprint density at radius 1 is 1.03 bits per heavy atom. The number of rotatable bonds is 10. The van der Waals surface area contributed by atoms with Crippen molar-refractivity contribution in [1.29, 1.82) is 0 Å². The number of hydrogen-bond acceptors (Lipinski definition) is 6. The molecule has 176 valence electrons. The van der Waals surface area contributed by atoms with Crippen LogP contribution in [0.15, 0.2) is 65.1 Å². The highest BCUT2D eigenvalue weighted by molar-refractivity contribution is 9.10. The van der Waals surface area contributed by atoms with Gasteiger partial charge in [-0.3, -0.25) is 0 Å². The van der Waals surface area contributed by atoms with Gasteiger partial charge in [0.15, 0.2) is 23.0 Å². The molecule has 0 aliphatic carbocycles. The van der Waals surface area contributed by atoms with E-state index in [9.17, 15) is 5.11 Å². The van der Waals surface area contributed by atoms with Crippen LogP contribution in [0.1, 0.15) is 22.8 Å². The van der Waals surface area contributed by atoms with Gasteiger partial charge in [-0.05, 0) is 69.9 Å². The number of fused-ring (bicyclic) bond motifs is 1. The highest BCUT2D eigenvalue weighted by Crippen LogP contribution is 2.38. The lowest BCUT2D eigenvalue weighted by atomic mass is 10.1. The quantitative estimate of drug-likeness (QED) is 0.353. The maximum atomic E-state index is 10.6. The number of aliphatic hydroxyl groups excluding tert-OH is 1. The van der Waals surface area contributed by atoms with Gasteiger partial charge in [0.25, 0.3) is 0 Å². The van der Waals surface area contributed by atoms with E-state index >= 15 is 0 Å². The van der Waals surface area contributed by atoms with Crippen molar-refractivity contribution < 1.29 is 24.1 Å². The molecule has 1 atom stereocenters. The van der Waals surface area contributed by atoms with E-state index in [-0.39, 0.29) is 25.8 Å². The standard InChI is InChI=1S/C25H26BrNO5.ClH/c1-29-24-12-18(14-27-10-9-17-5-3-2-4-6-17)11-20(26)25(24)30-15-21(28)19-7-8-22-23(13-19)32-16-31-22;/h2-8,11-13,21,27-28H,9-10,14-16H2,1H3;1H. The van der Waals surface area contributed by atoms with Crippen LogP contribution >= 0.6 is 28.3 Å². The van der Waals surface area contributed by atoms with Crippen molar-refractivity contribution in [2.45, 2.75) is 19.1 Å². The molecule has 6 nitrogen and oxygen atoms in total. The van der Waals surface area contributed by atoms with E-state index in [0.717, 1.165) is 23.0 Å². The zero-order chi connectivity index (χ0) is 22.3. The largest absolute Gasteiger partial charge is 0.493 e. The molecular formula is C25H27BrClNO5.